The first kappa shape index (κ1) is 21.7. The standard InChI is InChI=1S/C23H26N4O2S/c24-19(16-30)14-25-21-12-11-20(18-9-5-2-6-10-18)27-23(21)29-15-22(28)26-13-17-7-3-1-4-8-17/h1-12,19,25,30H,13-16,24H2,(H,26,28). The summed E-state index contributed by atoms with van der Waals surface area (Å²) < 4.78 is 5.77. The van der Waals surface area contributed by atoms with Crippen LogP contribution in [0.1, 0.15) is 5.56 Å². The van der Waals surface area contributed by atoms with Crippen LogP contribution >= 0.6 is 12.6 Å². The molecule has 0 saturated carbocycles. The molecule has 0 bridgehead atoms. The summed E-state index contributed by atoms with van der Waals surface area (Å²) in [7, 11) is 0. The number of thiol groups is 1. The van der Waals surface area contributed by atoms with Crippen LogP contribution in [0.3, 0.4) is 0 Å². The number of pyridine rings is 1. The van der Waals surface area contributed by atoms with Crippen molar-refractivity contribution < 1.29 is 9.53 Å². The maximum atomic E-state index is 12.3. The van der Waals surface area contributed by atoms with E-state index in [0.717, 1.165) is 16.8 Å². The summed E-state index contributed by atoms with van der Waals surface area (Å²) >= 11 is 4.21. The molecule has 3 aromatic rings. The number of carbonyl (C=O) groups is 1. The Kier molecular flexibility index (Phi) is 8.11. The largest absolute Gasteiger partial charge is 0.466 e. The number of carbonyl (C=O) groups excluding carboxylic acids is 1. The number of ether oxygens (including phenoxy) is 1. The van der Waals surface area contributed by atoms with Gasteiger partial charge in [0.1, 0.15) is 0 Å². The van der Waals surface area contributed by atoms with Crippen molar-refractivity contribution in [2.24, 2.45) is 5.73 Å². The van der Waals surface area contributed by atoms with Crippen LogP contribution in [0, 0.1) is 0 Å². The van der Waals surface area contributed by atoms with E-state index in [4.69, 9.17) is 10.5 Å². The van der Waals surface area contributed by atoms with Crippen LogP contribution < -0.4 is 21.1 Å². The second-order valence-electron chi connectivity index (χ2n) is 6.79. The number of nitrogens with one attached hydrogen (secondary N) is 2. The van der Waals surface area contributed by atoms with Gasteiger partial charge >= 0.3 is 0 Å². The first-order chi connectivity index (χ1) is 14.7. The topological polar surface area (TPSA) is 89.3 Å². The minimum atomic E-state index is -0.219. The van der Waals surface area contributed by atoms with Gasteiger partial charge in [-0.1, -0.05) is 60.7 Å². The fraction of sp³-hybridized carbons (Fsp3) is 0.217. The van der Waals surface area contributed by atoms with Crippen molar-refractivity contribution in [3.63, 3.8) is 0 Å². The van der Waals surface area contributed by atoms with Crippen molar-refractivity contribution >= 4 is 24.2 Å². The molecule has 1 aromatic heterocycles. The molecular weight excluding hydrogens is 396 g/mol. The minimum Gasteiger partial charge on any atom is -0.466 e. The molecule has 2 aromatic carbocycles. The van der Waals surface area contributed by atoms with Crippen molar-refractivity contribution in [1.82, 2.24) is 10.3 Å². The molecule has 4 N–H and O–H groups in total. The van der Waals surface area contributed by atoms with E-state index in [9.17, 15) is 4.79 Å². The zero-order valence-corrected chi connectivity index (χ0v) is 17.5. The molecule has 0 fully saturated rings. The Balaban J connectivity index is 1.68. The molecule has 0 spiro atoms. The highest BCUT2D eigenvalue weighted by Crippen LogP contribution is 2.27. The third kappa shape index (κ3) is 6.50. The highest BCUT2D eigenvalue weighted by molar-refractivity contribution is 7.80. The van der Waals surface area contributed by atoms with Crippen LogP contribution in [0.15, 0.2) is 72.8 Å². The maximum Gasteiger partial charge on any atom is 0.258 e. The van der Waals surface area contributed by atoms with Crippen LogP contribution in [0.25, 0.3) is 11.3 Å². The second-order valence-corrected chi connectivity index (χ2v) is 7.15. The molecule has 3 rings (SSSR count). The number of nitrogens with two attached hydrogens (primary N) is 1. The number of hydrogen-bond donors (Lipinski definition) is 4. The van der Waals surface area contributed by atoms with E-state index in [1.165, 1.54) is 0 Å². The zero-order valence-electron chi connectivity index (χ0n) is 16.6. The number of aromatic nitrogens is 1. The fourth-order valence-corrected chi connectivity index (χ4v) is 2.87. The van der Waals surface area contributed by atoms with E-state index in [-0.39, 0.29) is 18.6 Å². The molecule has 156 valence electrons. The first-order valence-electron chi connectivity index (χ1n) is 9.76. The average Bonchev–Trinajstić information content (AvgIpc) is 2.81. The van der Waals surface area contributed by atoms with E-state index in [0.29, 0.717) is 30.4 Å². The molecule has 1 unspecified atom stereocenters. The Bertz CT molecular complexity index is 938. The minimum absolute atomic E-state index is 0.107. The van der Waals surface area contributed by atoms with Crippen LogP contribution in [0.4, 0.5) is 5.69 Å². The normalized spacial score (nSPS) is 11.5. The molecule has 0 saturated heterocycles. The van der Waals surface area contributed by atoms with Crippen molar-refractivity contribution in [3.05, 3.63) is 78.4 Å². The Morgan fingerprint density at radius 3 is 2.43 bits per heavy atom. The van der Waals surface area contributed by atoms with E-state index in [1.54, 1.807) is 0 Å². The molecule has 0 aliphatic carbocycles. The Hall–Kier alpha value is -3.03. The molecule has 7 heteroatoms. The Labute approximate surface area is 182 Å². The lowest BCUT2D eigenvalue weighted by Gasteiger charge is -2.16. The summed E-state index contributed by atoms with van der Waals surface area (Å²) in [6, 6.07) is 23.2. The molecule has 30 heavy (non-hydrogen) atoms. The number of nitrogens with zero attached hydrogens (tertiary/aromatic N) is 1. The molecular formula is C23H26N4O2S. The molecule has 1 amide bonds. The lowest BCUT2D eigenvalue weighted by Crippen LogP contribution is -2.31. The summed E-state index contributed by atoms with van der Waals surface area (Å²) in [5.74, 6) is 0.696. The van der Waals surface area contributed by atoms with Crippen LogP contribution in [-0.2, 0) is 11.3 Å². The van der Waals surface area contributed by atoms with Gasteiger partial charge < -0.3 is 21.1 Å². The van der Waals surface area contributed by atoms with Crippen molar-refractivity contribution in [1.29, 1.82) is 0 Å². The van der Waals surface area contributed by atoms with Gasteiger partial charge in [0, 0.05) is 30.4 Å². The average molecular weight is 423 g/mol. The number of rotatable bonds is 10. The molecule has 6 nitrogen and oxygen atoms in total. The summed E-state index contributed by atoms with van der Waals surface area (Å²) in [5, 5.41) is 6.08. The van der Waals surface area contributed by atoms with Gasteiger partial charge in [-0.2, -0.15) is 12.6 Å². The van der Waals surface area contributed by atoms with E-state index >= 15 is 0 Å². The summed E-state index contributed by atoms with van der Waals surface area (Å²) in [6.45, 7) is 0.834. The van der Waals surface area contributed by atoms with Gasteiger partial charge in [-0.05, 0) is 17.7 Å². The maximum absolute atomic E-state index is 12.3. The second kappa shape index (κ2) is 11.2. The highest BCUT2D eigenvalue weighted by atomic mass is 32.1. The zero-order chi connectivity index (χ0) is 21.2. The SMILES string of the molecule is NC(CS)CNc1ccc(-c2ccccc2)nc1OCC(=O)NCc1ccccc1. The molecule has 0 radical (unpaired) electrons. The summed E-state index contributed by atoms with van der Waals surface area (Å²) in [5.41, 5.74) is 9.38. The van der Waals surface area contributed by atoms with E-state index in [1.807, 2.05) is 72.8 Å². The van der Waals surface area contributed by atoms with E-state index in [2.05, 4.69) is 28.2 Å². The third-order valence-corrected chi connectivity index (χ3v) is 4.86. The lowest BCUT2D eigenvalue weighted by atomic mass is 10.1. The van der Waals surface area contributed by atoms with Gasteiger partial charge in [0.05, 0.1) is 11.4 Å². The summed E-state index contributed by atoms with van der Waals surface area (Å²) in [4.78, 5) is 16.9. The van der Waals surface area contributed by atoms with Crippen molar-refractivity contribution in [3.8, 4) is 17.1 Å². The van der Waals surface area contributed by atoms with Gasteiger partial charge in [0.2, 0.25) is 5.88 Å². The number of anilines is 1. The molecule has 1 heterocycles. The number of benzene rings is 2. The monoisotopic (exact) mass is 422 g/mol. The molecule has 0 aliphatic rings. The highest BCUT2D eigenvalue weighted by Gasteiger charge is 2.12. The third-order valence-electron chi connectivity index (χ3n) is 4.39. The van der Waals surface area contributed by atoms with Crippen LogP contribution in [0.5, 0.6) is 5.88 Å². The summed E-state index contributed by atoms with van der Waals surface area (Å²) in [6.07, 6.45) is 0. The van der Waals surface area contributed by atoms with Gasteiger partial charge in [-0.25, -0.2) is 4.98 Å². The van der Waals surface area contributed by atoms with Gasteiger partial charge in [0.15, 0.2) is 6.61 Å². The molecule has 0 aliphatic heterocycles. The van der Waals surface area contributed by atoms with Gasteiger partial charge in [0.25, 0.3) is 5.91 Å². The lowest BCUT2D eigenvalue weighted by molar-refractivity contribution is -0.123. The Morgan fingerprint density at radius 1 is 1.03 bits per heavy atom. The smallest absolute Gasteiger partial charge is 0.258 e. The predicted molar refractivity (Wildman–Crippen MR) is 124 cm³/mol. The Morgan fingerprint density at radius 2 is 1.73 bits per heavy atom. The van der Waals surface area contributed by atoms with Gasteiger partial charge in [-0.3, -0.25) is 4.79 Å². The van der Waals surface area contributed by atoms with Gasteiger partial charge in [-0.15, -0.1) is 0 Å². The van der Waals surface area contributed by atoms with Crippen molar-refractivity contribution in [2.45, 2.75) is 12.6 Å². The quantitative estimate of drug-likeness (QED) is 0.377. The van der Waals surface area contributed by atoms with Crippen LogP contribution in [0.2, 0.25) is 0 Å². The number of amides is 1. The predicted octanol–water partition coefficient (Wildman–Crippen LogP) is 3.11. The fourth-order valence-electron chi connectivity index (χ4n) is 2.74. The van der Waals surface area contributed by atoms with Crippen molar-refractivity contribution in [2.75, 3.05) is 24.2 Å². The molecule has 1 atom stereocenters. The van der Waals surface area contributed by atoms with E-state index < -0.39 is 0 Å². The first-order valence-corrected chi connectivity index (χ1v) is 10.4. The number of hydrogen-bond acceptors (Lipinski definition) is 6. The van der Waals surface area contributed by atoms with Crippen LogP contribution in [-0.4, -0.2) is 35.8 Å².